The first-order valence-corrected chi connectivity index (χ1v) is 8.83. The average Bonchev–Trinajstić information content (AvgIpc) is 2.98. The molecule has 0 atom stereocenters. The van der Waals surface area contributed by atoms with E-state index in [-0.39, 0.29) is 17.7 Å². The lowest BCUT2D eigenvalue weighted by molar-refractivity contribution is -0.119. The number of benzene rings is 2. The highest BCUT2D eigenvalue weighted by Crippen LogP contribution is 2.22. The Bertz CT molecular complexity index is 796. The number of hydrogen-bond donors (Lipinski definition) is 2. The predicted molar refractivity (Wildman–Crippen MR) is 98.5 cm³/mol. The second-order valence-corrected chi connectivity index (χ2v) is 6.45. The van der Waals surface area contributed by atoms with Crippen LogP contribution >= 0.6 is 11.8 Å². The molecule has 0 aliphatic heterocycles. The van der Waals surface area contributed by atoms with E-state index in [0.29, 0.717) is 11.0 Å². The number of aromatic nitrogens is 3. The lowest BCUT2D eigenvalue weighted by atomic mass is 9.99. The van der Waals surface area contributed by atoms with Crippen LogP contribution in [-0.4, -0.2) is 26.5 Å². The van der Waals surface area contributed by atoms with Crippen molar-refractivity contribution in [2.75, 3.05) is 11.6 Å². The minimum atomic E-state index is -0.201. The molecule has 3 aromatic rings. The molecule has 3 N–H and O–H groups in total. The summed E-state index contributed by atoms with van der Waals surface area (Å²) in [5.74, 6) is 6.54. The van der Waals surface area contributed by atoms with Gasteiger partial charge in [-0.05, 0) is 18.1 Å². The molecule has 6 nitrogen and oxygen atoms in total. The van der Waals surface area contributed by atoms with Crippen LogP contribution in [0.5, 0.6) is 0 Å². The molecule has 0 spiro atoms. The maximum absolute atomic E-state index is 12.5. The highest BCUT2D eigenvalue weighted by Gasteiger charge is 2.17. The van der Waals surface area contributed by atoms with Gasteiger partial charge in [-0.15, -0.1) is 10.2 Å². The molecule has 0 saturated carbocycles. The number of amides is 1. The van der Waals surface area contributed by atoms with Crippen molar-refractivity contribution in [2.24, 2.45) is 0 Å². The average molecular weight is 353 g/mol. The summed E-state index contributed by atoms with van der Waals surface area (Å²) in [5.41, 5.74) is 2.06. The molecule has 3 rings (SSSR count). The Labute approximate surface area is 150 Å². The molecule has 1 aromatic heterocycles. The molecule has 0 bridgehead atoms. The fourth-order valence-electron chi connectivity index (χ4n) is 2.43. The topological polar surface area (TPSA) is 85.8 Å². The molecule has 2 aromatic carbocycles. The highest BCUT2D eigenvalue weighted by molar-refractivity contribution is 7.99. The number of thioether (sulfide) groups is 1. The normalized spacial score (nSPS) is 10.8. The fraction of sp³-hybridized carbons (Fsp3) is 0.167. The van der Waals surface area contributed by atoms with E-state index in [9.17, 15) is 4.79 Å². The Morgan fingerprint density at radius 3 is 2.12 bits per heavy atom. The first-order chi connectivity index (χ1) is 12.1. The molecule has 0 unspecified atom stereocenters. The number of hydrogen-bond acceptors (Lipinski definition) is 5. The number of carbonyl (C=O) groups is 1. The number of nitrogens with two attached hydrogens (primary N) is 1. The quantitative estimate of drug-likeness (QED) is 0.525. The van der Waals surface area contributed by atoms with Crippen molar-refractivity contribution in [2.45, 2.75) is 18.1 Å². The van der Waals surface area contributed by atoms with Gasteiger partial charge in [0.2, 0.25) is 11.1 Å². The van der Waals surface area contributed by atoms with E-state index in [0.717, 1.165) is 11.1 Å². The molecule has 1 amide bonds. The van der Waals surface area contributed by atoms with Gasteiger partial charge in [-0.2, -0.15) is 0 Å². The van der Waals surface area contributed by atoms with E-state index >= 15 is 0 Å². The summed E-state index contributed by atoms with van der Waals surface area (Å²) in [6, 6.07) is 19.6. The molecule has 0 aliphatic rings. The Kier molecular flexibility index (Phi) is 5.35. The summed E-state index contributed by atoms with van der Waals surface area (Å²) >= 11 is 1.26. The van der Waals surface area contributed by atoms with Crippen LogP contribution in [-0.2, 0) is 4.79 Å². The van der Waals surface area contributed by atoms with Gasteiger partial charge in [0.15, 0.2) is 0 Å². The summed E-state index contributed by atoms with van der Waals surface area (Å²) in [6.45, 7) is 1.76. The van der Waals surface area contributed by atoms with Crippen molar-refractivity contribution in [3.63, 3.8) is 0 Å². The van der Waals surface area contributed by atoms with E-state index in [1.54, 1.807) is 6.92 Å². The molecule has 0 saturated heterocycles. The van der Waals surface area contributed by atoms with Crippen molar-refractivity contribution >= 4 is 17.7 Å². The zero-order chi connectivity index (χ0) is 17.6. The van der Waals surface area contributed by atoms with Crippen molar-refractivity contribution in [1.82, 2.24) is 20.2 Å². The van der Waals surface area contributed by atoms with E-state index < -0.39 is 0 Å². The summed E-state index contributed by atoms with van der Waals surface area (Å²) < 4.78 is 1.38. The third-order valence-electron chi connectivity index (χ3n) is 3.74. The lowest BCUT2D eigenvalue weighted by Crippen LogP contribution is -2.30. The number of nitrogens with one attached hydrogen (secondary N) is 1. The zero-order valence-electron chi connectivity index (χ0n) is 13.8. The summed E-state index contributed by atoms with van der Waals surface area (Å²) in [5, 5.41) is 11.4. The van der Waals surface area contributed by atoms with Gasteiger partial charge in [0.25, 0.3) is 0 Å². The van der Waals surface area contributed by atoms with Crippen LogP contribution in [0.4, 0.5) is 0 Å². The van der Waals surface area contributed by atoms with Gasteiger partial charge in [0, 0.05) is 0 Å². The maximum atomic E-state index is 12.5. The first kappa shape index (κ1) is 17.0. The number of aryl methyl sites for hydroxylation is 1. The van der Waals surface area contributed by atoms with Crippen molar-refractivity contribution < 1.29 is 4.79 Å². The molecular weight excluding hydrogens is 334 g/mol. The van der Waals surface area contributed by atoms with Gasteiger partial charge in [-0.3, -0.25) is 4.79 Å². The van der Waals surface area contributed by atoms with Gasteiger partial charge >= 0.3 is 0 Å². The number of carbonyl (C=O) groups excluding carboxylic acids is 1. The van der Waals surface area contributed by atoms with Crippen LogP contribution in [0.2, 0.25) is 0 Å². The first-order valence-electron chi connectivity index (χ1n) is 7.84. The van der Waals surface area contributed by atoms with Gasteiger partial charge in [-0.25, -0.2) is 4.68 Å². The minimum Gasteiger partial charge on any atom is -0.344 e. The standard InChI is InChI=1S/C18H19N5OS/c1-13-21-22-18(23(13)19)25-12-16(24)20-17(14-8-4-2-5-9-14)15-10-6-3-7-11-15/h2-11,17H,12,19H2,1H3,(H,20,24). The molecular formula is C18H19N5OS. The Balaban J connectivity index is 1.72. The lowest BCUT2D eigenvalue weighted by Gasteiger charge is -2.19. The number of rotatable bonds is 6. The largest absolute Gasteiger partial charge is 0.344 e. The molecule has 25 heavy (non-hydrogen) atoms. The van der Waals surface area contributed by atoms with Gasteiger partial charge in [-0.1, -0.05) is 72.4 Å². The molecule has 0 fully saturated rings. The van der Waals surface area contributed by atoms with Crippen LogP contribution in [0.3, 0.4) is 0 Å². The fourth-order valence-corrected chi connectivity index (χ4v) is 3.14. The van der Waals surface area contributed by atoms with E-state index in [1.807, 2.05) is 60.7 Å². The smallest absolute Gasteiger partial charge is 0.231 e. The van der Waals surface area contributed by atoms with Crippen LogP contribution < -0.4 is 11.2 Å². The minimum absolute atomic E-state index is 0.0941. The third kappa shape index (κ3) is 4.19. The molecule has 128 valence electrons. The summed E-state index contributed by atoms with van der Waals surface area (Å²) in [7, 11) is 0. The van der Waals surface area contributed by atoms with Crippen LogP contribution in [0.15, 0.2) is 65.8 Å². The van der Waals surface area contributed by atoms with Crippen molar-refractivity contribution in [3.8, 4) is 0 Å². The van der Waals surface area contributed by atoms with Gasteiger partial charge in [0.1, 0.15) is 5.82 Å². The highest BCUT2D eigenvalue weighted by atomic mass is 32.2. The molecule has 0 aliphatic carbocycles. The number of nitrogens with zero attached hydrogens (tertiary/aromatic N) is 3. The SMILES string of the molecule is Cc1nnc(SCC(=O)NC(c2ccccc2)c2ccccc2)n1N. The molecule has 0 radical (unpaired) electrons. The Morgan fingerprint density at radius 1 is 1.08 bits per heavy atom. The monoisotopic (exact) mass is 353 g/mol. The third-order valence-corrected chi connectivity index (χ3v) is 4.68. The van der Waals surface area contributed by atoms with Gasteiger partial charge < -0.3 is 11.2 Å². The van der Waals surface area contributed by atoms with E-state index in [2.05, 4.69) is 15.5 Å². The summed E-state index contributed by atoms with van der Waals surface area (Å²) in [6.07, 6.45) is 0. The van der Waals surface area contributed by atoms with E-state index in [4.69, 9.17) is 5.84 Å². The predicted octanol–water partition coefficient (Wildman–Crippen LogP) is 2.30. The van der Waals surface area contributed by atoms with Crippen LogP contribution in [0, 0.1) is 6.92 Å². The van der Waals surface area contributed by atoms with Gasteiger partial charge in [0.05, 0.1) is 11.8 Å². The second kappa shape index (κ2) is 7.85. The van der Waals surface area contributed by atoms with Crippen LogP contribution in [0.1, 0.15) is 23.0 Å². The molecule has 7 heteroatoms. The Morgan fingerprint density at radius 2 is 1.64 bits per heavy atom. The molecule has 1 heterocycles. The Hall–Kier alpha value is -2.80. The maximum Gasteiger partial charge on any atom is 0.231 e. The van der Waals surface area contributed by atoms with Crippen molar-refractivity contribution in [1.29, 1.82) is 0 Å². The number of nitrogen functional groups attached to an aromatic ring is 1. The van der Waals surface area contributed by atoms with E-state index in [1.165, 1.54) is 16.4 Å². The zero-order valence-corrected chi connectivity index (χ0v) is 14.6. The van der Waals surface area contributed by atoms with Crippen LogP contribution in [0.25, 0.3) is 0 Å². The second-order valence-electron chi connectivity index (χ2n) is 5.51. The van der Waals surface area contributed by atoms with Crippen molar-refractivity contribution in [3.05, 3.63) is 77.6 Å². The summed E-state index contributed by atoms with van der Waals surface area (Å²) in [4.78, 5) is 12.5.